The van der Waals surface area contributed by atoms with Gasteiger partial charge in [-0.2, -0.15) is 4.98 Å². The van der Waals surface area contributed by atoms with Crippen LogP contribution in [0.25, 0.3) is 0 Å². The highest BCUT2D eigenvalue weighted by Gasteiger charge is 2.10. The van der Waals surface area contributed by atoms with Crippen molar-refractivity contribution in [3.8, 4) is 5.88 Å². The molecule has 0 saturated heterocycles. The molecule has 0 fully saturated rings. The van der Waals surface area contributed by atoms with Gasteiger partial charge in [-0.1, -0.05) is 13.0 Å². The number of pyridine rings is 1. The highest BCUT2D eigenvalue weighted by atomic mass is 32.1. The second kappa shape index (κ2) is 6.52. The number of thiazole rings is 1. The number of anilines is 1. The summed E-state index contributed by atoms with van der Waals surface area (Å²) in [6.07, 6.45) is 2.98. The number of rotatable bonds is 6. The third kappa shape index (κ3) is 3.67. The molecule has 2 rings (SSSR count). The zero-order chi connectivity index (χ0) is 13.7. The highest BCUT2D eigenvalue weighted by molar-refractivity contribution is 7.11. The van der Waals surface area contributed by atoms with E-state index >= 15 is 0 Å². The zero-order valence-electron chi connectivity index (χ0n) is 11.5. The molecule has 0 aromatic carbocycles. The standard InChI is InChI=1S/C14H19N3OS/c1-4-11-9-15-14(19-11)10(3)16-12-7-6-8-13(17-12)18-5-2/h6-10H,4-5H2,1-3H3,(H,16,17). The molecule has 0 aliphatic rings. The van der Waals surface area contributed by atoms with Crippen LogP contribution in [0.5, 0.6) is 5.88 Å². The van der Waals surface area contributed by atoms with Gasteiger partial charge in [0.2, 0.25) is 5.88 Å². The Labute approximate surface area is 117 Å². The molecule has 2 aromatic heterocycles. The van der Waals surface area contributed by atoms with Crippen LogP contribution in [0.1, 0.15) is 36.7 Å². The molecule has 19 heavy (non-hydrogen) atoms. The van der Waals surface area contributed by atoms with Crippen molar-refractivity contribution in [3.05, 3.63) is 34.3 Å². The lowest BCUT2D eigenvalue weighted by molar-refractivity contribution is 0.327. The lowest BCUT2D eigenvalue weighted by Crippen LogP contribution is -2.08. The topological polar surface area (TPSA) is 47.0 Å². The summed E-state index contributed by atoms with van der Waals surface area (Å²) in [6.45, 7) is 6.81. The van der Waals surface area contributed by atoms with Gasteiger partial charge in [0.1, 0.15) is 10.8 Å². The number of aromatic nitrogens is 2. The van der Waals surface area contributed by atoms with E-state index in [-0.39, 0.29) is 6.04 Å². The first-order chi connectivity index (χ1) is 9.22. The molecule has 0 radical (unpaired) electrons. The van der Waals surface area contributed by atoms with Crippen LogP contribution in [0.15, 0.2) is 24.4 Å². The molecule has 2 heterocycles. The molecule has 1 atom stereocenters. The lowest BCUT2D eigenvalue weighted by Gasteiger charge is -2.12. The lowest BCUT2D eigenvalue weighted by atomic mass is 10.3. The average Bonchev–Trinajstić information content (AvgIpc) is 2.88. The van der Waals surface area contributed by atoms with Crippen LogP contribution in [0, 0.1) is 0 Å². The second-order valence-electron chi connectivity index (χ2n) is 4.18. The van der Waals surface area contributed by atoms with Gasteiger partial charge in [0.15, 0.2) is 0 Å². The van der Waals surface area contributed by atoms with Crippen molar-refractivity contribution in [3.63, 3.8) is 0 Å². The summed E-state index contributed by atoms with van der Waals surface area (Å²) in [7, 11) is 0. The SMILES string of the molecule is CCOc1cccc(NC(C)c2ncc(CC)s2)n1. The number of hydrogen-bond acceptors (Lipinski definition) is 5. The van der Waals surface area contributed by atoms with Crippen molar-refractivity contribution in [2.24, 2.45) is 0 Å². The Bertz CT molecular complexity index is 527. The Morgan fingerprint density at radius 1 is 1.37 bits per heavy atom. The molecule has 5 heteroatoms. The fourth-order valence-electron chi connectivity index (χ4n) is 1.69. The average molecular weight is 277 g/mol. The summed E-state index contributed by atoms with van der Waals surface area (Å²) >= 11 is 1.74. The van der Waals surface area contributed by atoms with E-state index < -0.39 is 0 Å². The van der Waals surface area contributed by atoms with Crippen LogP contribution in [-0.2, 0) is 6.42 Å². The summed E-state index contributed by atoms with van der Waals surface area (Å²) < 4.78 is 5.39. The molecular weight excluding hydrogens is 258 g/mol. The van der Waals surface area contributed by atoms with Crippen molar-refractivity contribution in [1.29, 1.82) is 0 Å². The number of aryl methyl sites for hydroxylation is 1. The maximum absolute atomic E-state index is 5.39. The molecule has 0 saturated carbocycles. The number of nitrogens with one attached hydrogen (secondary N) is 1. The van der Waals surface area contributed by atoms with Gasteiger partial charge >= 0.3 is 0 Å². The summed E-state index contributed by atoms with van der Waals surface area (Å²) in [5.41, 5.74) is 0. The normalized spacial score (nSPS) is 12.2. The van der Waals surface area contributed by atoms with Crippen molar-refractivity contribution in [1.82, 2.24) is 9.97 Å². The summed E-state index contributed by atoms with van der Waals surface area (Å²) in [4.78, 5) is 10.1. The fourth-order valence-corrected chi connectivity index (χ4v) is 2.55. The smallest absolute Gasteiger partial charge is 0.215 e. The predicted molar refractivity (Wildman–Crippen MR) is 78.9 cm³/mol. The number of nitrogens with zero attached hydrogens (tertiary/aromatic N) is 2. The molecule has 0 aliphatic heterocycles. The van der Waals surface area contributed by atoms with Gasteiger partial charge < -0.3 is 10.1 Å². The molecule has 0 spiro atoms. The molecule has 1 N–H and O–H groups in total. The van der Waals surface area contributed by atoms with Crippen LogP contribution in [0.3, 0.4) is 0 Å². The van der Waals surface area contributed by atoms with Crippen molar-refractivity contribution < 1.29 is 4.74 Å². The molecule has 0 bridgehead atoms. The molecule has 0 amide bonds. The Morgan fingerprint density at radius 3 is 2.89 bits per heavy atom. The first-order valence-corrected chi connectivity index (χ1v) is 7.35. The quantitative estimate of drug-likeness (QED) is 0.875. The Hall–Kier alpha value is -1.62. The second-order valence-corrected chi connectivity index (χ2v) is 5.33. The van der Waals surface area contributed by atoms with Gasteiger partial charge in [-0.25, -0.2) is 4.98 Å². The minimum absolute atomic E-state index is 0.148. The summed E-state index contributed by atoms with van der Waals surface area (Å²) in [5.74, 6) is 1.46. The van der Waals surface area contributed by atoms with Crippen molar-refractivity contribution in [2.45, 2.75) is 33.2 Å². The van der Waals surface area contributed by atoms with Gasteiger partial charge in [0.25, 0.3) is 0 Å². The van der Waals surface area contributed by atoms with E-state index in [0.29, 0.717) is 12.5 Å². The van der Waals surface area contributed by atoms with Crippen LogP contribution < -0.4 is 10.1 Å². The van der Waals surface area contributed by atoms with Gasteiger partial charge in [-0.3, -0.25) is 0 Å². The molecular formula is C14H19N3OS. The van der Waals surface area contributed by atoms with E-state index in [2.05, 4.69) is 29.1 Å². The minimum atomic E-state index is 0.148. The maximum atomic E-state index is 5.39. The Morgan fingerprint density at radius 2 is 2.21 bits per heavy atom. The highest BCUT2D eigenvalue weighted by Crippen LogP contribution is 2.24. The van der Waals surface area contributed by atoms with Gasteiger partial charge in [-0.05, 0) is 26.3 Å². The van der Waals surface area contributed by atoms with E-state index in [0.717, 1.165) is 17.2 Å². The fraction of sp³-hybridized carbons (Fsp3) is 0.429. The van der Waals surface area contributed by atoms with Crippen molar-refractivity contribution in [2.75, 3.05) is 11.9 Å². The zero-order valence-corrected chi connectivity index (χ0v) is 12.3. The largest absolute Gasteiger partial charge is 0.478 e. The van der Waals surface area contributed by atoms with Crippen LogP contribution in [0.2, 0.25) is 0 Å². The van der Waals surface area contributed by atoms with Crippen LogP contribution >= 0.6 is 11.3 Å². The van der Waals surface area contributed by atoms with Crippen LogP contribution in [0.4, 0.5) is 5.82 Å². The maximum Gasteiger partial charge on any atom is 0.215 e. The van der Waals surface area contributed by atoms with Crippen molar-refractivity contribution >= 4 is 17.2 Å². The third-order valence-corrected chi connectivity index (χ3v) is 3.99. The van der Waals surface area contributed by atoms with E-state index in [1.54, 1.807) is 11.3 Å². The summed E-state index contributed by atoms with van der Waals surface area (Å²) in [5, 5.41) is 4.43. The van der Waals surface area contributed by atoms with E-state index in [4.69, 9.17) is 4.74 Å². The first kappa shape index (κ1) is 13.8. The molecule has 4 nitrogen and oxygen atoms in total. The van der Waals surface area contributed by atoms with Gasteiger partial charge in [0.05, 0.1) is 12.6 Å². The predicted octanol–water partition coefficient (Wildman–Crippen LogP) is 3.67. The monoisotopic (exact) mass is 277 g/mol. The van der Waals surface area contributed by atoms with E-state index in [1.807, 2.05) is 31.3 Å². The molecule has 102 valence electrons. The van der Waals surface area contributed by atoms with Gasteiger partial charge in [0, 0.05) is 17.1 Å². The Kier molecular flexibility index (Phi) is 4.74. The molecule has 2 aromatic rings. The first-order valence-electron chi connectivity index (χ1n) is 6.54. The van der Waals surface area contributed by atoms with E-state index in [9.17, 15) is 0 Å². The molecule has 1 unspecified atom stereocenters. The third-order valence-electron chi connectivity index (χ3n) is 2.67. The van der Waals surface area contributed by atoms with E-state index in [1.165, 1.54) is 4.88 Å². The molecule has 0 aliphatic carbocycles. The van der Waals surface area contributed by atoms with Gasteiger partial charge in [-0.15, -0.1) is 11.3 Å². The summed E-state index contributed by atoms with van der Waals surface area (Å²) in [6, 6.07) is 5.88. The minimum Gasteiger partial charge on any atom is -0.478 e. The Balaban J connectivity index is 2.05. The number of hydrogen-bond donors (Lipinski definition) is 1. The number of ether oxygens (including phenoxy) is 1. The van der Waals surface area contributed by atoms with Crippen LogP contribution in [-0.4, -0.2) is 16.6 Å².